The summed E-state index contributed by atoms with van der Waals surface area (Å²) < 4.78 is 26.1. The number of aromatic hydroxyl groups is 2. The molecule has 0 aliphatic rings. The van der Waals surface area contributed by atoms with Gasteiger partial charge in [-0.2, -0.15) is 0 Å². The Hall–Kier alpha value is -4.39. The lowest BCUT2D eigenvalue weighted by Gasteiger charge is -2.09. The van der Waals surface area contributed by atoms with Crippen LogP contribution < -0.4 is 15.5 Å². The topological polar surface area (TPSA) is 179 Å². The third-order valence-electron chi connectivity index (χ3n) is 4.25. The van der Waals surface area contributed by atoms with Crippen LogP contribution in [0, 0.1) is 0 Å². The summed E-state index contributed by atoms with van der Waals surface area (Å²) in [6, 6.07) is 10.3. The standard InChI is InChI=1S/C20H19N5O7S/c1-11(26)32-24-13-5-3-12-4-8-17(27)19(15(12)9-13)23-22-16-7-6-14(10-18(16)28)33(30,31)25-20(29)21-2/h3-10,24,27-28H,1-2H3,(H2,21,25,29). The third kappa shape index (κ3) is 5.46. The fourth-order valence-electron chi connectivity index (χ4n) is 2.68. The zero-order valence-electron chi connectivity index (χ0n) is 17.4. The highest BCUT2D eigenvalue weighted by molar-refractivity contribution is 7.90. The normalized spacial score (nSPS) is 11.3. The van der Waals surface area contributed by atoms with Gasteiger partial charge in [-0.25, -0.2) is 23.4 Å². The quantitative estimate of drug-likeness (QED) is 0.267. The number of nitrogens with zero attached hydrogens (tertiary/aromatic N) is 2. The summed E-state index contributed by atoms with van der Waals surface area (Å²) in [5.41, 5.74) is 2.87. The molecular formula is C20H19N5O7S. The Kier molecular flexibility index (Phi) is 6.63. The van der Waals surface area contributed by atoms with E-state index in [0.29, 0.717) is 16.5 Å². The zero-order chi connectivity index (χ0) is 24.2. The lowest BCUT2D eigenvalue weighted by molar-refractivity contribution is -0.138. The number of rotatable bonds is 6. The molecule has 0 saturated carbocycles. The van der Waals surface area contributed by atoms with Crippen LogP contribution in [0.3, 0.4) is 0 Å². The highest BCUT2D eigenvalue weighted by Gasteiger charge is 2.18. The van der Waals surface area contributed by atoms with Crippen molar-refractivity contribution in [2.75, 3.05) is 12.5 Å². The second kappa shape index (κ2) is 9.40. The molecule has 2 amide bonds. The maximum Gasteiger partial charge on any atom is 0.329 e. The molecule has 172 valence electrons. The maximum atomic E-state index is 12.2. The monoisotopic (exact) mass is 473 g/mol. The fraction of sp³-hybridized carbons (Fsp3) is 0.100. The predicted molar refractivity (Wildman–Crippen MR) is 118 cm³/mol. The Balaban J connectivity index is 1.95. The summed E-state index contributed by atoms with van der Waals surface area (Å²) >= 11 is 0. The molecular weight excluding hydrogens is 454 g/mol. The van der Waals surface area contributed by atoms with Gasteiger partial charge in [-0.1, -0.05) is 12.1 Å². The average Bonchev–Trinajstić information content (AvgIpc) is 2.77. The van der Waals surface area contributed by atoms with Crippen LogP contribution in [-0.4, -0.2) is 37.7 Å². The van der Waals surface area contributed by atoms with Gasteiger partial charge < -0.3 is 20.4 Å². The molecule has 3 rings (SSSR count). The number of benzene rings is 3. The Labute approximate surface area is 187 Å². The summed E-state index contributed by atoms with van der Waals surface area (Å²) in [7, 11) is -2.95. The number of hydrogen-bond donors (Lipinski definition) is 5. The number of phenols is 2. The number of anilines is 1. The summed E-state index contributed by atoms with van der Waals surface area (Å²) in [6.07, 6.45) is 0. The van der Waals surface area contributed by atoms with Gasteiger partial charge in [-0.3, -0.25) is 4.79 Å². The van der Waals surface area contributed by atoms with Crippen molar-refractivity contribution >= 4 is 49.9 Å². The second-order valence-electron chi connectivity index (χ2n) is 6.60. The van der Waals surface area contributed by atoms with Gasteiger partial charge in [0.2, 0.25) is 0 Å². The number of carbonyl (C=O) groups excluding carboxylic acids is 2. The number of azo groups is 1. The first kappa shape index (κ1) is 23.3. The van der Waals surface area contributed by atoms with E-state index in [1.807, 2.05) is 0 Å². The fourth-order valence-corrected chi connectivity index (χ4v) is 3.66. The molecule has 0 unspecified atom stereocenters. The molecule has 3 aromatic carbocycles. The van der Waals surface area contributed by atoms with Crippen molar-refractivity contribution < 1.29 is 33.1 Å². The molecule has 0 atom stereocenters. The van der Waals surface area contributed by atoms with E-state index in [2.05, 4.69) is 21.0 Å². The third-order valence-corrected chi connectivity index (χ3v) is 5.58. The second-order valence-corrected chi connectivity index (χ2v) is 8.28. The number of sulfonamides is 1. The van der Waals surface area contributed by atoms with E-state index in [0.717, 1.165) is 12.1 Å². The molecule has 3 aromatic rings. The van der Waals surface area contributed by atoms with E-state index in [1.54, 1.807) is 29.0 Å². The number of urea groups is 1. The van der Waals surface area contributed by atoms with Gasteiger partial charge in [0.1, 0.15) is 22.9 Å². The van der Waals surface area contributed by atoms with Crippen molar-refractivity contribution in [1.82, 2.24) is 10.0 Å². The average molecular weight is 473 g/mol. The molecule has 33 heavy (non-hydrogen) atoms. The molecule has 5 N–H and O–H groups in total. The van der Waals surface area contributed by atoms with Crippen LogP contribution in [0.1, 0.15) is 6.92 Å². The van der Waals surface area contributed by atoms with Gasteiger partial charge in [0, 0.05) is 25.4 Å². The van der Waals surface area contributed by atoms with E-state index in [4.69, 9.17) is 4.84 Å². The molecule has 12 nitrogen and oxygen atoms in total. The molecule has 13 heteroatoms. The van der Waals surface area contributed by atoms with Gasteiger partial charge in [0.05, 0.1) is 10.6 Å². The van der Waals surface area contributed by atoms with Crippen molar-refractivity contribution in [2.24, 2.45) is 10.2 Å². The lowest BCUT2D eigenvalue weighted by atomic mass is 10.1. The molecule has 0 heterocycles. The van der Waals surface area contributed by atoms with E-state index < -0.39 is 27.8 Å². The van der Waals surface area contributed by atoms with Crippen LogP contribution in [0.4, 0.5) is 21.9 Å². The molecule has 0 saturated heterocycles. The number of carbonyl (C=O) groups is 2. The molecule has 0 fully saturated rings. The molecule has 0 aromatic heterocycles. The van der Waals surface area contributed by atoms with Crippen molar-refractivity contribution in [1.29, 1.82) is 0 Å². The number of nitrogens with one attached hydrogen (secondary N) is 3. The van der Waals surface area contributed by atoms with Gasteiger partial charge in [-0.05, 0) is 35.7 Å². The van der Waals surface area contributed by atoms with Crippen LogP contribution in [0.25, 0.3) is 10.8 Å². The number of amides is 2. The molecule has 0 bridgehead atoms. The van der Waals surface area contributed by atoms with E-state index in [9.17, 15) is 28.2 Å². The number of fused-ring (bicyclic) bond motifs is 1. The largest absolute Gasteiger partial charge is 0.506 e. The minimum absolute atomic E-state index is 0.0661. The van der Waals surface area contributed by atoms with E-state index >= 15 is 0 Å². The Morgan fingerprint density at radius 3 is 2.36 bits per heavy atom. The Bertz CT molecular complexity index is 1370. The van der Waals surface area contributed by atoms with Gasteiger partial charge >= 0.3 is 12.0 Å². The maximum absolute atomic E-state index is 12.2. The summed E-state index contributed by atoms with van der Waals surface area (Å²) in [6.45, 7) is 1.23. The minimum atomic E-state index is -4.21. The van der Waals surface area contributed by atoms with Gasteiger partial charge in [-0.15, -0.1) is 10.2 Å². The predicted octanol–water partition coefficient (Wildman–Crippen LogP) is 3.17. The molecule has 0 spiro atoms. The van der Waals surface area contributed by atoms with Crippen LogP contribution in [0.15, 0.2) is 63.7 Å². The number of phenolic OH excluding ortho intramolecular Hbond substituents is 2. The van der Waals surface area contributed by atoms with Gasteiger partial charge in [0.25, 0.3) is 10.0 Å². The molecule has 0 aliphatic carbocycles. The van der Waals surface area contributed by atoms with Crippen molar-refractivity contribution in [3.05, 3.63) is 48.5 Å². The van der Waals surface area contributed by atoms with Crippen LogP contribution >= 0.6 is 0 Å². The van der Waals surface area contributed by atoms with E-state index in [-0.39, 0.29) is 22.0 Å². The lowest BCUT2D eigenvalue weighted by Crippen LogP contribution is -2.37. The smallest absolute Gasteiger partial charge is 0.329 e. The Morgan fingerprint density at radius 1 is 0.970 bits per heavy atom. The first-order valence-corrected chi connectivity index (χ1v) is 10.8. The molecule has 0 radical (unpaired) electrons. The summed E-state index contributed by atoms with van der Waals surface area (Å²) in [5.74, 6) is -1.27. The summed E-state index contributed by atoms with van der Waals surface area (Å²) in [4.78, 5) is 26.7. The Morgan fingerprint density at radius 2 is 1.70 bits per heavy atom. The van der Waals surface area contributed by atoms with Crippen molar-refractivity contribution in [3.63, 3.8) is 0 Å². The highest BCUT2D eigenvalue weighted by Crippen LogP contribution is 2.38. The summed E-state index contributed by atoms with van der Waals surface area (Å²) in [5, 5.41) is 31.7. The van der Waals surface area contributed by atoms with Gasteiger partial charge in [0.15, 0.2) is 0 Å². The first-order chi connectivity index (χ1) is 15.6. The van der Waals surface area contributed by atoms with Crippen LogP contribution in [0.5, 0.6) is 11.5 Å². The van der Waals surface area contributed by atoms with Crippen molar-refractivity contribution in [3.8, 4) is 11.5 Å². The minimum Gasteiger partial charge on any atom is -0.506 e. The van der Waals surface area contributed by atoms with Crippen LogP contribution in [-0.2, 0) is 19.7 Å². The number of hydrogen-bond acceptors (Lipinski definition) is 10. The highest BCUT2D eigenvalue weighted by atomic mass is 32.2. The SMILES string of the molecule is CNC(=O)NS(=O)(=O)c1ccc(N=Nc2c(O)ccc3ccc(NOC(C)=O)cc23)c(O)c1. The zero-order valence-corrected chi connectivity index (χ0v) is 18.2. The molecule has 0 aliphatic heterocycles. The van der Waals surface area contributed by atoms with Crippen LogP contribution in [0.2, 0.25) is 0 Å². The van der Waals surface area contributed by atoms with Crippen molar-refractivity contribution in [2.45, 2.75) is 11.8 Å². The van der Waals surface area contributed by atoms with E-state index in [1.165, 1.54) is 26.1 Å². The first-order valence-electron chi connectivity index (χ1n) is 9.29.